The molecule has 0 spiro atoms. The molecular weight excluding hydrogens is 346 g/mol. The Bertz CT molecular complexity index is 1200. The zero-order valence-corrected chi connectivity index (χ0v) is 15.3. The lowest BCUT2D eigenvalue weighted by atomic mass is 9.95. The fourth-order valence-corrected chi connectivity index (χ4v) is 2.80. The molecule has 0 atom stereocenters. The lowest BCUT2D eigenvalue weighted by Gasteiger charge is -2.12. The van der Waals surface area contributed by atoms with Crippen molar-refractivity contribution in [1.82, 2.24) is 9.97 Å². The summed E-state index contributed by atoms with van der Waals surface area (Å²) in [5, 5.41) is 20.7. The highest BCUT2D eigenvalue weighted by Gasteiger charge is 2.08. The molecule has 0 amide bonds. The Morgan fingerprint density at radius 3 is 2.64 bits per heavy atom. The number of benzene rings is 2. The molecular formula is C23H19N5. The molecule has 0 aliphatic rings. The first-order chi connectivity index (χ1) is 14.8. The Labute approximate surface area is 168 Å². The van der Waals surface area contributed by atoms with Crippen LogP contribution in [0.2, 0.25) is 0 Å². The van der Waals surface area contributed by atoms with E-state index in [0.717, 1.165) is 11.3 Å². The first-order valence-corrected chi connectivity index (χ1v) is 8.59. The highest BCUT2D eigenvalue weighted by Crippen LogP contribution is 2.21. The molecule has 1 heterocycles. The van der Waals surface area contributed by atoms with E-state index in [9.17, 15) is 0 Å². The van der Waals surface area contributed by atoms with Gasteiger partial charge in [0.05, 0.1) is 23.4 Å². The van der Waals surface area contributed by atoms with Crippen LogP contribution in [-0.4, -0.2) is 9.97 Å². The molecule has 136 valence electrons. The highest BCUT2D eigenvalue weighted by molar-refractivity contribution is 5.57. The van der Waals surface area contributed by atoms with Gasteiger partial charge in [0.2, 0.25) is 5.95 Å². The van der Waals surface area contributed by atoms with Crippen molar-refractivity contribution in [3.63, 3.8) is 0 Å². The van der Waals surface area contributed by atoms with Crippen molar-refractivity contribution in [2.24, 2.45) is 0 Å². The summed E-state index contributed by atoms with van der Waals surface area (Å²) in [7, 11) is 0. The second kappa shape index (κ2) is 8.62. The molecule has 0 aliphatic carbocycles. The molecule has 3 rings (SSSR count). The van der Waals surface area contributed by atoms with Gasteiger partial charge in [-0.25, -0.2) is 9.97 Å². The quantitative estimate of drug-likeness (QED) is 0.652. The number of allylic oxidation sites excluding steroid dienone is 1. The molecule has 0 bridgehead atoms. The van der Waals surface area contributed by atoms with Gasteiger partial charge in [0.25, 0.3) is 0 Å². The number of hydrogen-bond acceptors (Lipinski definition) is 5. The minimum atomic E-state index is -2.30. The molecule has 3 aromatic rings. The SMILES string of the molecule is [2H]C([2H])([2H])c1cc(/C=C/C#N)cc(C)c1Cc1ccnc(Nc2ccc(C#N)cc2)n1. The topological polar surface area (TPSA) is 85.4 Å². The van der Waals surface area contributed by atoms with Crippen LogP contribution < -0.4 is 5.32 Å². The van der Waals surface area contributed by atoms with Gasteiger partial charge in [-0.3, -0.25) is 0 Å². The molecule has 28 heavy (non-hydrogen) atoms. The molecule has 0 fully saturated rings. The molecule has 1 aromatic heterocycles. The lowest BCUT2D eigenvalue weighted by Crippen LogP contribution is -2.03. The normalized spacial score (nSPS) is 12.5. The standard InChI is InChI=1S/C23H19N5/c1-16-12-19(4-3-10-24)13-17(2)22(16)14-21-9-11-26-23(28-21)27-20-7-5-18(15-25)6-8-20/h3-9,11-13H,14H2,1-2H3,(H,26,27,28)/b4-3+/i1D3. The second-order valence-electron chi connectivity index (χ2n) is 6.19. The third-order valence-electron chi connectivity index (χ3n) is 4.19. The Balaban J connectivity index is 1.91. The van der Waals surface area contributed by atoms with Crippen LogP contribution in [0.15, 0.2) is 54.7 Å². The Hall–Kier alpha value is -3.96. The van der Waals surface area contributed by atoms with Crippen molar-refractivity contribution >= 4 is 17.7 Å². The van der Waals surface area contributed by atoms with E-state index in [1.807, 2.05) is 19.1 Å². The molecule has 0 saturated heterocycles. The van der Waals surface area contributed by atoms with Crippen LogP contribution in [0.3, 0.4) is 0 Å². The Morgan fingerprint density at radius 2 is 1.93 bits per heavy atom. The fourth-order valence-electron chi connectivity index (χ4n) is 2.80. The predicted octanol–water partition coefficient (Wildman–Crippen LogP) is 4.84. The summed E-state index contributed by atoms with van der Waals surface area (Å²) in [6.45, 7) is -0.446. The Morgan fingerprint density at radius 1 is 1.14 bits per heavy atom. The van der Waals surface area contributed by atoms with E-state index in [0.29, 0.717) is 34.8 Å². The van der Waals surface area contributed by atoms with Crippen molar-refractivity contribution in [3.05, 3.63) is 88.2 Å². The van der Waals surface area contributed by atoms with E-state index in [1.165, 1.54) is 6.08 Å². The van der Waals surface area contributed by atoms with Gasteiger partial charge in [-0.15, -0.1) is 0 Å². The maximum atomic E-state index is 8.90. The smallest absolute Gasteiger partial charge is 0.227 e. The van der Waals surface area contributed by atoms with Gasteiger partial charge in [-0.1, -0.05) is 12.1 Å². The molecule has 5 heteroatoms. The van der Waals surface area contributed by atoms with E-state index in [4.69, 9.17) is 14.6 Å². The average molecular weight is 368 g/mol. The number of nitrogens with zero attached hydrogens (tertiary/aromatic N) is 4. The number of aryl methyl sites for hydroxylation is 2. The van der Waals surface area contributed by atoms with E-state index >= 15 is 0 Å². The first kappa shape index (κ1) is 15.1. The maximum absolute atomic E-state index is 8.90. The number of hydrogen-bond donors (Lipinski definition) is 1. The predicted molar refractivity (Wildman–Crippen MR) is 110 cm³/mol. The van der Waals surface area contributed by atoms with Gasteiger partial charge in [0.1, 0.15) is 0 Å². The summed E-state index contributed by atoms with van der Waals surface area (Å²) in [5.41, 5.74) is 4.36. The van der Waals surface area contributed by atoms with Gasteiger partial charge in [0.15, 0.2) is 0 Å². The van der Waals surface area contributed by atoms with Crippen molar-refractivity contribution in [3.8, 4) is 12.1 Å². The lowest BCUT2D eigenvalue weighted by molar-refractivity contribution is 1.01. The zero-order chi connectivity index (χ0) is 22.4. The van der Waals surface area contributed by atoms with E-state index in [-0.39, 0.29) is 5.56 Å². The van der Waals surface area contributed by atoms with Crippen LogP contribution in [0.25, 0.3) is 6.08 Å². The minimum absolute atomic E-state index is 0.241. The molecule has 0 saturated carbocycles. The van der Waals surface area contributed by atoms with E-state index in [2.05, 4.69) is 21.4 Å². The van der Waals surface area contributed by atoms with Gasteiger partial charge in [-0.05, 0) is 72.4 Å². The van der Waals surface area contributed by atoms with Gasteiger partial charge in [0, 0.05) is 28.5 Å². The van der Waals surface area contributed by atoms with Crippen LogP contribution in [0.4, 0.5) is 11.6 Å². The minimum Gasteiger partial charge on any atom is -0.324 e. The molecule has 1 N–H and O–H groups in total. The second-order valence-corrected chi connectivity index (χ2v) is 6.19. The van der Waals surface area contributed by atoms with Crippen molar-refractivity contribution < 1.29 is 4.11 Å². The number of nitrogens with one attached hydrogen (secondary N) is 1. The highest BCUT2D eigenvalue weighted by atomic mass is 15.1. The summed E-state index contributed by atoms with van der Waals surface area (Å²) in [5.74, 6) is 0.379. The van der Waals surface area contributed by atoms with Crippen molar-refractivity contribution in [1.29, 1.82) is 10.5 Å². The van der Waals surface area contributed by atoms with Gasteiger partial charge < -0.3 is 5.32 Å². The zero-order valence-electron chi connectivity index (χ0n) is 18.3. The Kier molecular flexibility index (Phi) is 4.66. The van der Waals surface area contributed by atoms with E-state index < -0.39 is 6.85 Å². The average Bonchev–Trinajstić information content (AvgIpc) is 2.74. The van der Waals surface area contributed by atoms with Crippen LogP contribution in [-0.2, 0) is 6.42 Å². The number of rotatable bonds is 5. The van der Waals surface area contributed by atoms with E-state index in [1.54, 1.807) is 48.7 Å². The molecule has 0 aliphatic heterocycles. The molecule has 0 radical (unpaired) electrons. The number of aromatic nitrogens is 2. The van der Waals surface area contributed by atoms with Gasteiger partial charge in [-0.2, -0.15) is 10.5 Å². The van der Waals surface area contributed by atoms with Crippen molar-refractivity contribution in [2.45, 2.75) is 20.2 Å². The molecule has 5 nitrogen and oxygen atoms in total. The fraction of sp³-hybridized carbons (Fsp3) is 0.130. The van der Waals surface area contributed by atoms with Crippen LogP contribution in [0.1, 0.15) is 37.6 Å². The maximum Gasteiger partial charge on any atom is 0.227 e. The first-order valence-electron chi connectivity index (χ1n) is 10.1. The van der Waals surface area contributed by atoms with Crippen molar-refractivity contribution in [2.75, 3.05) is 5.32 Å². The largest absolute Gasteiger partial charge is 0.324 e. The third-order valence-corrected chi connectivity index (χ3v) is 4.19. The van der Waals surface area contributed by atoms with Crippen LogP contribution in [0, 0.1) is 36.4 Å². The van der Waals surface area contributed by atoms with Crippen LogP contribution >= 0.6 is 0 Å². The number of nitriles is 2. The van der Waals surface area contributed by atoms with Gasteiger partial charge >= 0.3 is 0 Å². The monoisotopic (exact) mass is 368 g/mol. The molecule has 0 unspecified atom stereocenters. The van der Waals surface area contributed by atoms with Crippen LogP contribution in [0.5, 0.6) is 0 Å². The summed E-state index contributed by atoms with van der Waals surface area (Å²) < 4.78 is 23.9. The third kappa shape index (κ3) is 4.60. The summed E-state index contributed by atoms with van der Waals surface area (Å²) in [4.78, 5) is 8.74. The summed E-state index contributed by atoms with van der Waals surface area (Å²) in [6, 6.07) is 16.1. The summed E-state index contributed by atoms with van der Waals surface area (Å²) >= 11 is 0. The number of anilines is 2. The summed E-state index contributed by atoms with van der Waals surface area (Å²) in [6.07, 6.45) is 4.86. The molecule has 2 aromatic carbocycles.